The molecule has 0 fully saturated rings. The Bertz CT molecular complexity index is 703. The predicted molar refractivity (Wildman–Crippen MR) is 78.5 cm³/mol. The maximum absolute atomic E-state index is 12.7. The molecule has 0 saturated heterocycles. The van der Waals surface area contributed by atoms with Crippen LogP contribution in [-0.2, 0) is 11.2 Å². The molecule has 2 aromatic rings. The standard InChI is InChI=1S/C15H11ClFNO4/c16-11-2-7-14(18(20)21)10(9-11)1-8-15(19)22-13-5-3-12(17)4-6-13/h2-7,9H,1,8H2. The van der Waals surface area contributed by atoms with Crippen molar-refractivity contribution in [3.05, 3.63) is 69.0 Å². The first-order valence-corrected chi connectivity index (χ1v) is 6.72. The van der Waals surface area contributed by atoms with Gasteiger partial charge in [0.15, 0.2) is 0 Å². The smallest absolute Gasteiger partial charge is 0.311 e. The van der Waals surface area contributed by atoms with Crippen LogP contribution in [0, 0.1) is 15.9 Å². The highest BCUT2D eigenvalue weighted by Gasteiger charge is 2.15. The number of ether oxygens (including phenoxy) is 1. The van der Waals surface area contributed by atoms with E-state index in [4.69, 9.17) is 16.3 Å². The Hall–Kier alpha value is -2.47. The molecule has 2 aromatic carbocycles. The molecular weight excluding hydrogens is 313 g/mol. The summed E-state index contributed by atoms with van der Waals surface area (Å²) >= 11 is 5.81. The van der Waals surface area contributed by atoms with Gasteiger partial charge in [-0.2, -0.15) is 0 Å². The minimum Gasteiger partial charge on any atom is -0.427 e. The van der Waals surface area contributed by atoms with E-state index in [0.717, 1.165) is 0 Å². The normalized spacial score (nSPS) is 10.3. The van der Waals surface area contributed by atoms with Crippen LogP contribution in [0.25, 0.3) is 0 Å². The number of aryl methyl sites for hydroxylation is 1. The van der Waals surface area contributed by atoms with Crippen LogP contribution >= 0.6 is 11.6 Å². The maximum Gasteiger partial charge on any atom is 0.311 e. The lowest BCUT2D eigenvalue weighted by atomic mass is 10.1. The van der Waals surface area contributed by atoms with Crippen molar-refractivity contribution < 1.29 is 18.8 Å². The number of rotatable bonds is 5. The molecule has 5 nitrogen and oxygen atoms in total. The second-order valence-electron chi connectivity index (χ2n) is 4.46. The number of nitro benzene ring substituents is 1. The zero-order valence-corrected chi connectivity index (χ0v) is 12.0. The van der Waals surface area contributed by atoms with Crippen LogP contribution in [0.15, 0.2) is 42.5 Å². The third-order valence-electron chi connectivity index (χ3n) is 2.88. The fourth-order valence-corrected chi connectivity index (χ4v) is 2.05. The van der Waals surface area contributed by atoms with Crippen LogP contribution in [0.3, 0.4) is 0 Å². The third kappa shape index (κ3) is 4.26. The largest absolute Gasteiger partial charge is 0.427 e. The number of carbonyl (C=O) groups excluding carboxylic acids is 1. The summed E-state index contributed by atoms with van der Waals surface area (Å²) in [5, 5.41) is 11.3. The Morgan fingerprint density at radius 2 is 1.91 bits per heavy atom. The first-order chi connectivity index (χ1) is 10.5. The molecule has 0 bridgehead atoms. The Kier molecular flexibility index (Phi) is 5.06. The number of nitro groups is 1. The topological polar surface area (TPSA) is 69.4 Å². The first-order valence-electron chi connectivity index (χ1n) is 6.35. The van der Waals surface area contributed by atoms with Crippen molar-refractivity contribution in [2.75, 3.05) is 0 Å². The number of hydrogen-bond acceptors (Lipinski definition) is 4. The van der Waals surface area contributed by atoms with Crippen molar-refractivity contribution >= 4 is 23.3 Å². The van der Waals surface area contributed by atoms with E-state index >= 15 is 0 Å². The molecule has 114 valence electrons. The Labute approximate surface area is 130 Å². The molecule has 0 aliphatic heterocycles. The number of esters is 1. The van der Waals surface area contributed by atoms with Crippen molar-refractivity contribution in [1.29, 1.82) is 0 Å². The summed E-state index contributed by atoms with van der Waals surface area (Å²) in [7, 11) is 0. The minimum absolute atomic E-state index is 0.0570. The van der Waals surface area contributed by atoms with E-state index in [9.17, 15) is 19.3 Å². The summed E-state index contributed by atoms with van der Waals surface area (Å²) in [5.41, 5.74) is 0.257. The zero-order chi connectivity index (χ0) is 16.1. The van der Waals surface area contributed by atoms with Crippen LogP contribution in [0.4, 0.5) is 10.1 Å². The average molecular weight is 324 g/mol. The van der Waals surface area contributed by atoms with Crippen LogP contribution < -0.4 is 4.74 Å². The van der Waals surface area contributed by atoms with Gasteiger partial charge < -0.3 is 4.74 Å². The molecule has 0 spiro atoms. The molecule has 0 heterocycles. The second-order valence-corrected chi connectivity index (χ2v) is 4.89. The molecule has 0 saturated carbocycles. The van der Waals surface area contributed by atoms with Gasteiger partial charge in [-0.3, -0.25) is 14.9 Å². The molecule has 0 radical (unpaired) electrons. The van der Waals surface area contributed by atoms with E-state index in [1.165, 1.54) is 42.5 Å². The van der Waals surface area contributed by atoms with Gasteiger partial charge in [0.25, 0.3) is 5.69 Å². The second kappa shape index (κ2) is 7.00. The van der Waals surface area contributed by atoms with E-state index in [-0.39, 0.29) is 24.3 Å². The van der Waals surface area contributed by atoms with Gasteiger partial charge in [-0.1, -0.05) is 11.6 Å². The van der Waals surface area contributed by atoms with E-state index in [1.54, 1.807) is 0 Å². The number of hydrogen-bond donors (Lipinski definition) is 0. The predicted octanol–water partition coefficient (Wildman–Crippen LogP) is 3.93. The lowest BCUT2D eigenvalue weighted by Crippen LogP contribution is -2.09. The number of benzene rings is 2. The summed E-state index contributed by atoms with van der Waals surface area (Å²) in [6, 6.07) is 9.16. The van der Waals surface area contributed by atoms with Gasteiger partial charge >= 0.3 is 5.97 Å². The van der Waals surface area contributed by atoms with Crippen molar-refractivity contribution in [2.45, 2.75) is 12.8 Å². The molecule has 2 rings (SSSR count). The molecule has 0 unspecified atom stereocenters. The van der Waals surface area contributed by atoms with Crippen molar-refractivity contribution in [1.82, 2.24) is 0 Å². The van der Waals surface area contributed by atoms with E-state index in [0.29, 0.717) is 10.6 Å². The Balaban J connectivity index is 2.00. The SMILES string of the molecule is O=C(CCc1cc(Cl)ccc1[N+](=O)[O-])Oc1ccc(F)cc1. The molecule has 0 aliphatic carbocycles. The van der Waals surface area contributed by atoms with Gasteiger partial charge in [0.1, 0.15) is 11.6 Å². The minimum atomic E-state index is -0.569. The van der Waals surface area contributed by atoms with Gasteiger partial charge in [0, 0.05) is 16.7 Å². The van der Waals surface area contributed by atoms with E-state index < -0.39 is 16.7 Å². The van der Waals surface area contributed by atoms with Crippen LogP contribution in [0.1, 0.15) is 12.0 Å². The molecule has 7 heteroatoms. The highest BCUT2D eigenvalue weighted by atomic mass is 35.5. The van der Waals surface area contributed by atoms with Crippen LogP contribution in [-0.4, -0.2) is 10.9 Å². The maximum atomic E-state index is 12.7. The van der Waals surface area contributed by atoms with Gasteiger partial charge in [-0.05, 0) is 42.8 Å². The van der Waals surface area contributed by atoms with Crippen molar-refractivity contribution in [2.24, 2.45) is 0 Å². The number of carbonyl (C=O) groups is 1. The summed E-state index contributed by atoms with van der Waals surface area (Å²) in [4.78, 5) is 22.1. The van der Waals surface area contributed by atoms with E-state index in [2.05, 4.69) is 0 Å². The Morgan fingerprint density at radius 3 is 2.55 bits per heavy atom. The monoisotopic (exact) mass is 323 g/mol. The van der Waals surface area contributed by atoms with Gasteiger partial charge in [0.05, 0.1) is 11.3 Å². The molecule has 0 amide bonds. The molecule has 0 atom stereocenters. The lowest BCUT2D eigenvalue weighted by Gasteiger charge is -2.05. The van der Waals surface area contributed by atoms with Crippen molar-refractivity contribution in [3.63, 3.8) is 0 Å². The fraction of sp³-hybridized carbons (Fsp3) is 0.133. The van der Waals surface area contributed by atoms with Gasteiger partial charge in [0.2, 0.25) is 0 Å². The fourth-order valence-electron chi connectivity index (χ4n) is 1.85. The van der Waals surface area contributed by atoms with Crippen LogP contribution in [0.5, 0.6) is 5.75 Å². The highest BCUT2D eigenvalue weighted by molar-refractivity contribution is 6.30. The number of halogens is 2. The first kappa shape index (κ1) is 15.9. The quantitative estimate of drug-likeness (QED) is 0.362. The molecule has 22 heavy (non-hydrogen) atoms. The Morgan fingerprint density at radius 1 is 1.23 bits per heavy atom. The highest BCUT2D eigenvalue weighted by Crippen LogP contribution is 2.24. The van der Waals surface area contributed by atoms with Crippen molar-refractivity contribution in [3.8, 4) is 5.75 Å². The summed E-state index contributed by atoms with van der Waals surface area (Å²) in [6.45, 7) is 0. The molecule has 0 aromatic heterocycles. The average Bonchev–Trinajstić information content (AvgIpc) is 2.47. The number of nitrogens with zero attached hydrogens (tertiary/aromatic N) is 1. The zero-order valence-electron chi connectivity index (χ0n) is 11.3. The van der Waals surface area contributed by atoms with E-state index in [1.807, 2.05) is 0 Å². The van der Waals surface area contributed by atoms with Gasteiger partial charge in [-0.25, -0.2) is 4.39 Å². The molecule has 0 N–H and O–H groups in total. The summed E-state index contributed by atoms with van der Waals surface area (Å²) in [5.74, 6) is -0.790. The third-order valence-corrected chi connectivity index (χ3v) is 3.12. The van der Waals surface area contributed by atoms with Crippen LogP contribution in [0.2, 0.25) is 5.02 Å². The summed E-state index contributed by atoms with van der Waals surface area (Å²) < 4.78 is 17.7. The van der Waals surface area contributed by atoms with Gasteiger partial charge in [-0.15, -0.1) is 0 Å². The molecule has 0 aliphatic rings. The lowest BCUT2D eigenvalue weighted by molar-refractivity contribution is -0.385. The molecular formula is C15H11ClFNO4. The summed E-state index contributed by atoms with van der Waals surface area (Å²) in [6.07, 6.45) is 0.0649.